The van der Waals surface area contributed by atoms with E-state index in [1.807, 2.05) is 24.3 Å². The van der Waals surface area contributed by atoms with Crippen LogP contribution in [-0.2, 0) is 4.74 Å². The first-order valence-corrected chi connectivity index (χ1v) is 7.83. The van der Waals surface area contributed by atoms with Crippen LogP contribution in [0.1, 0.15) is 0 Å². The third kappa shape index (κ3) is 2.73. The van der Waals surface area contributed by atoms with Gasteiger partial charge in [0.15, 0.2) is 0 Å². The SMILES string of the molecule is Oc1cccc(-c2nc(N3CCOCC3)cc3ccccc23)c1. The number of phenols is 1. The van der Waals surface area contributed by atoms with Crippen molar-refractivity contribution < 1.29 is 9.84 Å². The Kier molecular flexibility index (Phi) is 3.60. The summed E-state index contributed by atoms with van der Waals surface area (Å²) in [5, 5.41) is 12.1. The number of anilines is 1. The predicted molar refractivity (Wildman–Crippen MR) is 91.9 cm³/mol. The molecule has 0 aliphatic carbocycles. The minimum Gasteiger partial charge on any atom is -0.508 e. The van der Waals surface area contributed by atoms with Gasteiger partial charge in [0.05, 0.1) is 18.9 Å². The second kappa shape index (κ2) is 5.89. The van der Waals surface area contributed by atoms with Crippen LogP contribution >= 0.6 is 0 Å². The van der Waals surface area contributed by atoms with E-state index >= 15 is 0 Å². The summed E-state index contributed by atoms with van der Waals surface area (Å²) in [6, 6.07) is 17.6. The average molecular weight is 306 g/mol. The molecule has 3 aromatic rings. The second-order valence-corrected chi connectivity index (χ2v) is 5.70. The maximum atomic E-state index is 9.81. The normalized spacial score (nSPS) is 15.0. The van der Waals surface area contributed by atoms with E-state index in [1.54, 1.807) is 12.1 Å². The number of morpholine rings is 1. The number of ether oxygens (including phenoxy) is 1. The molecule has 23 heavy (non-hydrogen) atoms. The first-order chi connectivity index (χ1) is 11.3. The zero-order valence-electron chi connectivity index (χ0n) is 12.8. The standard InChI is InChI=1S/C19H18N2O2/c22-16-6-3-5-15(12-16)19-17-7-2-1-4-14(17)13-18(20-19)21-8-10-23-11-9-21/h1-7,12-13,22H,8-11H2. The summed E-state index contributed by atoms with van der Waals surface area (Å²) in [6.07, 6.45) is 0. The molecule has 1 fully saturated rings. The van der Waals surface area contributed by atoms with Gasteiger partial charge in [-0.1, -0.05) is 36.4 Å². The molecular formula is C19H18N2O2. The number of rotatable bonds is 2. The molecule has 0 radical (unpaired) electrons. The lowest BCUT2D eigenvalue weighted by Crippen LogP contribution is -2.36. The van der Waals surface area contributed by atoms with Crippen molar-refractivity contribution in [1.29, 1.82) is 0 Å². The number of benzene rings is 2. The van der Waals surface area contributed by atoms with Gasteiger partial charge in [0.1, 0.15) is 11.6 Å². The summed E-state index contributed by atoms with van der Waals surface area (Å²) in [4.78, 5) is 7.15. The molecule has 0 unspecified atom stereocenters. The monoisotopic (exact) mass is 306 g/mol. The fraction of sp³-hybridized carbons (Fsp3) is 0.211. The number of phenolic OH excluding ortho intramolecular Hbond substituents is 1. The molecular weight excluding hydrogens is 288 g/mol. The number of hydrogen-bond acceptors (Lipinski definition) is 4. The molecule has 4 rings (SSSR count). The topological polar surface area (TPSA) is 45.6 Å². The van der Waals surface area contributed by atoms with Crippen LogP contribution in [0.25, 0.3) is 22.0 Å². The Hall–Kier alpha value is -2.59. The Labute approximate surface area is 135 Å². The van der Waals surface area contributed by atoms with E-state index in [-0.39, 0.29) is 5.75 Å². The Bertz CT molecular complexity index is 842. The highest BCUT2D eigenvalue weighted by molar-refractivity contribution is 5.96. The maximum Gasteiger partial charge on any atom is 0.130 e. The number of hydrogen-bond donors (Lipinski definition) is 1. The quantitative estimate of drug-likeness (QED) is 0.788. The first-order valence-electron chi connectivity index (χ1n) is 7.83. The molecule has 0 amide bonds. The van der Waals surface area contributed by atoms with Crippen molar-refractivity contribution in [2.24, 2.45) is 0 Å². The summed E-state index contributed by atoms with van der Waals surface area (Å²) in [5.74, 6) is 1.22. The van der Waals surface area contributed by atoms with Gasteiger partial charge in [0.2, 0.25) is 0 Å². The van der Waals surface area contributed by atoms with Crippen molar-refractivity contribution in [3.63, 3.8) is 0 Å². The van der Waals surface area contributed by atoms with Gasteiger partial charge in [-0.2, -0.15) is 0 Å². The molecule has 1 aliphatic rings. The molecule has 2 aromatic carbocycles. The summed E-state index contributed by atoms with van der Waals surface area (Å²) in [5.41, 5.74) is 1.83. The minimum atomic E-state index is 0.255. The summed E-state index contributed by atoms with van der Waals surface area (Å²) in [6.45, 7) is 3.17. The maximum absolute atomic E-state index is 9.81. The van der Waals surface area contributed by atoms with Crippen molar-refractivity contribution >= 4 is 16.6 Å². The van der Waals surface area contributed by atoms with Gasteiger partial charge < -0.3 is 14.7 Å². The molecule has 0 spiro atoms. The Morgan fingerprint density at radius 1 is 0.957 bits per heavy atom. The Morgan fingerprint density at radius 3 is 2.61 bits per heavy atom. The van der Waals surface area contributed by atoms with Crippen molar-refractivity contribution in [1.82, 2.24) is 4.98 Å². The second-order valence-electron chi connectivity index (χ2n) is 5.70. The highest BCUT2D eigenvalue weighted by Gasteiger charge is 2.15. The van der Waals surface area contributed by atoms with E-state index in [0.717, 1.165) is 54.2 Å². The molecule has 1 N–H and O–H groups in total. The third-order valence-corrected chi connectivity index (χ3v) is 4.18. The zero-order valence-corrected chi connectivity index (χ0v) is 12.8. The molecule has 4 nitrogen and oxygen atoms in total. The fourth-order valence-electron chi connectivity index (χ4n) is 3.01. The van der Waals surface area contributed by atoms with Gasteiger partial charge >= 0.3 is 0 Å². The van der Waals surface area contributed by atoms with Crippen LogP contribution in [0, 0.1) is 0 Å². The third-order valence-electron chi connectivity index (χ3n) is 4.18. The van der Waals surface area contributed by atoms with Gasteiger partial charge in [0, 0.05) is 24.0 Å². The van der Waals surface area contributed by atoms with E-state index in [2.05, 4.69) is 23.1 Å². The van der Waals surface area contributed by atoms with E-state index in [9.17, 15) is 5.11 Å². The molecule has 4 heteroatoms. The molecule has 1 saturated heterocycles. The van der Waals surface area contributed by atoms with Crippen molar-refractivity contribution in [2.75, 3.05) is 31.2 Å². The average Bonchev–Trinajstić information content (AvgIpc) is 2.61. The van der Waals surface area contributed by atoms with Gasteiger partial charge in [0.25, 0.3) is 0 Å². The Morgan fingerprint density at radius 2 is 1.78 bits per heavy atom. The summed E-state index contributed by atoms with van der Waals surface area (Å²) < 4.78 is 5.44. The van der Waals surface area contributed by atoms with Crippen LogP contribution in [-0.4, -0.2) is 36.4 Å². The van der Waals surface area contributed by atoms with Crippen molar-refractivity contribution in [3.8, 4) is 17.0 Å². The van der Waals surface area contributed by atoms with Crippen LogP contribution in [0.5, 0.6) is 5.75 Å². The van der Waals surface area contributed by atoms with E-state index < -0.39 is 0 Å². The number of pyridine rings is 1. The highest BCUT2D eigenvalue weighted by Crippen LogP contribution is 2.32. The van der Waals surface area contributed by atoms with Gasteiger partial charge in [-0.25, -0.2) is 4.98 Å². The predicted octanol–water partition coefficient (Wildman–Crippen LogP) is 3.44. The van der Waals surface area contributed by atoms with Gasteiger partial charge in [-0.3, -0.25) is 0 Å². The van der Waals surface area contributed by atoms with Gasteiger partial charge in [-0.15, -0.1) is 0 Å². The zero-order chi connectivity index (χ0) is 15.6. The molecule has 1 aromatic heterocycles. The summed E-state index contributed by atoms with van der Waals surface area (Å²) >= 11 is 0. The van der Waals surface area contributed by atoms with Crippen LogP contribution < -0.4 is 4.90 Å². The molecule has 0 atom stereocenters. The summed E-state index contributed by atoms with van der Waals surface area (Å²) in [7, 11) is 0. The molecule has 0 bridgehead atoms. The number of nitrogens with zero attached hydrogens (tertiary/aromatic N) is 2. The molecule has 2 heterocycles. The molecule has 1 aliphatic heterocycles. The smallest absolute Gasteiger partial charge is 0.130 e. The van der Waals surface area contributed by atoms with E-state index in [1.165, 1.54) is 0 Å². The van der Waals surface area contributed by atoms with E-state index in [4.69, 9.17) is 9.72 Å². The highest BCUT2D eigenvalue weighted by atomic mass is 16.5. The van der Waals surface area contributed by atoms with Crippen LogP contribution in [0.3, 0.4) is 0 Å². The van der Waals surface area contributed by atoms with Crippen LogP contribution in [0.4, 0.5) is 5.82 Å². The lowest BCUT2D eigenvalue weighted by atomic mass is 10.0. The van der Waals surface area contributed by atoms with Crippen molar-refractivity contribution in [2.45, 2.75) is 0 Å². The minimum absolute atomic E-state index is 0.255. The molecule has 0 saturated carbocycles. The van der Waals surface area contributed by atoms with Crippen LogP contribution in [0.2, 0.25) is 0 Å². The lowest BCUT2D eigenvalue weighted by Gasteiger charge is -2.28. The largest absolute Gasteiger partial charge is 0.508 e. The van der Waals surface area contributed by atoms with Crippen molar-refractivity contribution in [3.05, 3.63) is 54.6 Å². The fourth-order valence-corrected chi connectivity index (χ4v) is 3.01. The van der Waals surface area contributed by atoms with E-state index in [0.29, 0.717) is 0 Å². The number of aromatic nitrogens is 1. The number of aromatic hydroxyl groups is 1. The lowest BCUT2D eigenvalue weighted by molar-refractivity contribution is 0.122. The molecule has 116 valence electrons. The van der Waals surface area contributed by atoms with Gasteiger partial charge in [-0.05, 0) is 23.6 Å². The Balaban J connectivity index is 1.90. The number of fused-ring (bicyclic) bond motifs is 1. The van der Waals surface area contributed by atoms with Crippen LogP contribution in [0.15, 0.2) is 54.6 Å². The first kappa shape index (κ1) is 14.0.